The molecule has 1 aromatic heterocycles. The third kappa shape index (κ3) is 1.74. The summed E-state index contributed by atoms with van der Waals surface area (Å²) >= 11 is 6.04. The van der Waals surface area contributed by atoms with Gasteiger partial charge in [-0.05, 0) is 6.07 Å². The van der Waals surface area contributed by atoms with Gasteiger partial charge >= 0.3 is 0 Å². The Morgan fingerprint density at radius 2 is 2.06 bits per heavy atom. The van der Waals surface area contributed by atoms with Gasteiger partial charge < -0.3 is 4.90 Å². The molecule has 1 saturated heterocycles. The molecule has 91 valence electrons. The highest BCUT2D eigenvalue weighted by Gasteiger charge is 2.21. The number of fused-ring (bicyclic) bond motifs is 1. The predicted octanol–water partition coefficient (Wildman–Crippen LogP) is 2.22. The molecule has 0 unspecified atom stereocenters. The molecular weight excluding hydrogens is 256 g/mol. The van der Waals surface area contributed by atoms with E-state index in [0.29, 0.717) is 16.9 Å². The van der Waals surface area contributed by atoms with Gasteiger partial charge in [0.15, 0.2) is 11.0 Å². The summed E-state index contributed by atoms with van der Waals surface area (Å²) in [6, 6.07) is 4.38. The molecule has 2 aromatic rings. The lowest BCUT2D eigenvalue weighted by Crippen LogP contribution is -2.38. The molecule has 1 aromatic carbocycles. The molecule has 6 nitrogen and oxygen atoms in total. The Morgan fingerprint density at radius 1 is 1.28 bits per heavy atom. The first-order valence-corrected chi connectivity index (χ1v) is 5.71. The van der Waals surface area contributed by atoms with Gasteiger partial charge in [0.05, 0.1) is 16.0 Å². The molecule has 1 aliphatic heterocycles. The van der Waals surface area contributed by atoms with Gasteiger partial charge in [0.1, 0.15) is 0 Å². The number of nitro groups is 1. The minimum Gasteiger partial charge on any atom is -0.353 e. The molecule has 1 radical (unpaired) electrons. The van der Waals surface area contributed by atoms with Crippen LogP contribution in [0.3, 0.4) is 0 Å². The van der Waals surface area contributed by atoms with Crippen LogP contribution in [0.5, 0.6) is 0 Å². The smallest absolute Gasteiger partial charge is 0.271 e. The lowest BCUT2D eigenvalue weighted by Gasteiger charge is -2.31. The van der Waals surface area contributed by atoms with Crippen molar-refractivity contribution >= 4 is 34.1 Å². The molecule has 0 spiro atoms. The van der Waals surface area contributed by atoms with Gasteiger partial charge in [0, 0.05) is 31.6 Å². The lowest BCUT2D eigenvalue weighted by atomic mass is 10.2. The first-order chi connectivity index (χ1) is 8.65. The molecule has 0 amide bonds. The summed E-state index contributed by atoms with van der Waals surface area (Å²) in [4.78, 5) is 20.7. The van der Waals surface area contributed by atoms with Gasteiger partial charge in [0.25, 0.3) is 5.69 Å². The largest absolute Gasteiger partial charge is 0.353 e. The van der Waals surface area contributed by atoms with Crippen LogP contribution in [-0.4, -0.2) is 28.0 Å². The summed E-state index contributed by atoms with van der Waals surface area (Å²) < 4.78 is 0. The van der Waals surface area contributed by atoms with E-state index in [0.717, 1.165) is 13.1 Å². The normalized spacial score (nSPS) is 14.6. The Bertz CT molecular complexity index is 642. The van der Waals surface area contributed by atoms with Crippen molar-refractivity contribution in [3.8, 4) is 0 Å². The molecule has 7 heteroatoms. The SMILES string of the molecule is O=[N+]([O-])c1ccc2nc(N3C[CH]C3)c(Cl)nc2c1. The van der Waals surface area contributed by atoms with Gasteiger partial charge in [-0.1, -0.05) is 11.6 Å². The molecule has 0 aliphatic carbocycles. The van der Waals surface area contributed by atoms with E-state index >= 15 is 0 Å². The van der Waals surface area contributed by atoms with Crippen molar-refractivity contribution in [2.75, 3.05) is 18.0 Å². The lowest BCUT2D eigenvalue weighted by molar-refractivity contribution is -0.384. The second kappa shape index (κ2) is 4.06. The monoisotopic (exact) mass is 263 g/mol. The fourth-order valence-electron chi connectivity index (χ4n) is 1.76. The first-order valence-electron chi connectivity index (χ1n) is 5.33. The maximum atomic E-state index is 10.7. The zero-order valence-corrected chi connectivity index (χ0v) is 9.96. The van der Waals surface area contributed by atoms with E-state index in [1.807, 2.05) is 4.90 Å². The fourth-order valence-corrected chi connectivity index (χ4v) is 2.01. The third-order valence-electron chi connectivity index (χ3n) is 2.80. The van der Waals surface area contributed by atoms with Gasteiger partial charge in [0.2, 0.25) is 0 Å². The number of non-ortho nitro benzene ring substituents is 1. The summed E-state index contributed by atoms with van der Waals surface area (Å²) in [5.41, 5.74) is 1.02. The minimum absolute atomic E-state index is 0.0158. The summed E-state index contributed by atoms with van der Waals surface area (Å²) in [5, 5.41) is 10.9. The number of anilines is 1. The van der Waals surface area contributed by atoms with Gasteiger partial charge in [-0.2, -0.15) is 0 Å². The van der Waals surface area contributed by atoms with E-state index in [1.165, 1.54) is 12.1 Å². The average molecular weight is 264 g/mol. The Labute approximate surface area is 107 Å². The van der Waals surface area contributed by atoms with Crippen LogP contribution in [0.25, 0.3) is 11.0 Å². The summed E-state index contributed by atoms with van der Waals surface area (Å²) in [7, 11) is 0. The topological polar surface area (TPSA) is 72.2 Å². The maximum Gasteiger partial charge on any atom is 0.271 e. The quantitative estimate of drug-likeness (QED) is 0.614. The molecule has 1 aliphatic rings. The number of benzene rings is 1. The molecule has 1 fully saturated rings. The Hall–Kier alpha value is -1.95. The van der Waals surface area contributed by atoms with E-state index in [-0.39, 0.29) is 10.8 Å². The van der Waals surface area contributed by atoms with Crippen LogP contribution < -0.4 is 4.90 Å². The number of aromatic nitrogens is 2. The summed E-state index contributed by atoms with van der Waals surface area (Å²) in [6.45, 7) is 1.60. The van der Waals surface area contributed by atoms with Crippen LogP contribution in [0.15, 0.2) is 18.2 Å². The van der Waals surface area contributed by atoms with E-state index < -0.39 is 4.92 Å². The van der Waals surface area contributed by atoms with Crippen LogP contribution in [0.2, 0.25) is 5.15 Å². The number of hydrogen-bond donors (Lipinski definition) is 0. The Morgan fingerprint density at radius 3 is 2.67 bits per heavy atom. The highest BCUT2D eigenvalue weighted by Crippen LogP contribution is 2.28. The summed E-state index contributed by atoms with van der Waals surface area (Å²) in [6.07, 6.45) is 2.10. The van der Waals surface area contributed by atoms with Crippen molar-refractivity contribution in [1.82, 2.24) is 9.97 Å². The number of nitro benzene ring substituents is 1. The molecule has 0 saturated carbocycles. The van der Waals surface area contributed by atoms with Crippen molar-refractivity contribution in [3.63, 3.8) is 0 Å². The highest BCUT2D eigenvalue weighted by atomic mass is 35.5. The van der Waals surface area contributed by atoms with Crippen LogP contribution in [0.4, 0.5) is 11.5 Å². The van der Waals surface area contributed by atoms with E-state index in [9.17, 15) is 10.1 Å². The zero-order valence-electron chi connectivity index (χ0n) is 9.21. The second-order valence-electron chi connectivity index (χ2n) is 3.96. The van der Waals surface area contributed by atoms with Crippen LogP contribution in [0, 0.1) is 16.5 Å². The molecule has 0 N–H and O–H groups in total. The number of nitrogens with zero attached hydrogens (tertiary/aromatic N) is 4. The van der Waals surface area contributed by atoms with E-state index in [1.54, 1.807) is 6.07 Å². The van der Waals surface area contributed by atoms with Crippen molar-refractivity contribution in [2.24, 2.45) is 0 Å². The molecule has 3 rings (SSSR count). The van der Waals surface area contributed by atoms with E-state index in [4.69, 9.17) is 11.6 Å². The van der Waals surface area contributed by atoms with Gasteiger partial charge in [-0.15, -0.1) is 0 Å². The highest BCUT2D eigenvalue weighted by molar-refractivity contribution is 6.32. The fraction of sp³-hybridized carbons (Fsp3) is 0.182. The van der Waals surface area contributed by atoms with Crippen molar-refractivity contribution < 1.29 is 4.92 Å². The number of hydrogen-bond acceptors (Lipinski definition) is 5. The van der Waals surface area contributed by atoms with Gasteiger partial charge in [-0.3, -0.25) is 10.1 Å². The van der Waals surface area contributed by atoms with Crippen LogP contribution >= 0.6 is 11.6 Å². The first kappa shape index (κ1) is 11.2. The standard InChI is InChI=1S/C11H8ClN4O2/c12-10-11(15-4-1-5-15)14-8-3-2-7(16(17)18)6-9(8)13-10/h1-3,6H,4-5H2. The molecule has 0 atom stereocenters. The molecule has 18 heavy (non-hydrogen) atoms. The predicted molar refractivity (Wildman–Crippen MR) is 67.7 cm³/mol. The van der Waals surface area contributed by atoms with Crippen LogP contribution in [-0.2, 0) is 0 Å². The molecular formula is C11H8ClN4O2. The van der Waals surface area contributed by atoms with Crippen LogP contribution in [0.1, 0.15) is 0 Å². The molecule has 2 heterocycles. The van der Waals surface area contributed by atoms with Crippen molar-refractivity contribution in [3.05, 3.63) is 39.9 Å². The molecule has 0 bridgehead atoms. The summed E-state index contributed by atoms with van der Waals surface area (Å²) in [5.74, 6) is 0.625. The van der Waals surface area contributed by atoms with Crippen molar-refractivity contribution in [2.45, 2.75) is 0 Å². The minimum atomic E-state index is -0.465. The van der Waals surface area contributed by atoms with Crippen molar-refractivity contribution in [1.29, 1.82) is 0 Å². The second-order valence-corrected chi connectivity index (χ2v) is 4.32. The van der Waals surface area contributed by atoms with E-state index in [2.05, 4.69) is 16.4 Å². The Kier molecular flexibility index (Phi) is 2.52. The third-order valence-corrected chi connectivity index (χ3v) is 3.05. The maximum absolute atomic E-state index is 10.7. The Balaban J connectivity index is 2.13. The number of halogens is 1. The average Bonchev–Trinajstić information content (AvgIpc) is 2.27. The number of rotatable bonds is 2. The zero-order chi connectivity index (χ0) is 12.7. The van der Waals surface area contributed by atoms with Gasteiger partial charge in [-0.25, -0.2) is 9.97 Å².